The molecule has 12 nitrogen and oxygen atoms in total. The Morgan fingerprint density at radius 1 is 1.19 bits per heavy atom. The van der Waals surface area contributed by atoms with Gasteiger partial charge in [-0.05, 0) is 49.4 Å². The monoisotopic (exact) mass is 599 g/mol. The third-order valence-corrected chi connectivity index (χ3v) is 7.20. The molecule has 0 aliphatic carbocycles. The number of para-hydroxylation sites is 1. The lowest BCUT2D eigenvalue weighted by Gasteiger charge is -2.24. The zero-order chi connectivity index (χ0) is 30.3. The second kappa shape index (κ2) is 11.0. The largest absolute Gasteiger partial charge is 0.351 e. The number of amides is 4. The van der Waals surface area contributed by atoms with Gasteiger partial charge in [0.15, 0.2) is 5.82 Å². The lowest BCUT2D eigenvalue weighted by molar-refractivity contribution is -0.124. The Morgan fingerprint density at radius 2 is 1.93 bits per heavy atom. The van der Waals surface area contributed by atoms with E-state index in [2.05, 4.69) is 26.2 Å². The minimum Gasteiger partial charge on any atom is -0.351 e. The molecule has 1 fully saturated rings. The molecule has 15 heteroatoms. The SMILES string of the molecule is CC(C)(C)n1nnnc1-c1cc(Cl)c(F)c(CNC(=O)[C@@H]2C[C@@H](F)CN2C(=O)Nc2cn(C(N)=O)c3ccccc23)c1. The minimum atomic E-state index is -1.45. The van der Waals surface area contributed by atoms with E-state index >= 15 is 0 Å². The van der Waals surface area contributed by atoms with Crippen molar-refractivity contribution in [2.75, 3.05) is 11.9 Å². The fourth-order valence-corrected chi connectivity index (χ4v) is 5.17. The number of primary amides is 1. The maximum atomic E-state index is 15.0. The van der Waals surface area contributed by atoms with Crippen LogP contribution in [0.1, 0.15) is 32.8 Å². The number of carbonyl (C=O) groups excluding carboxylic acids is 3. The molecule has 0 radical (unpaired) electrons. The van der Waals surface area contributed by atoms with Crippen LogP contribution in [-0.2, 0) is 16.9 Å². The Balaban J connectivity index is 1.33. The van der Waals surface area contributed by atoms with Gasteiger partial charge in [0.1, 0.15) is 18.0 Å². The number of likely N-dealkylation sites (tertiary alicyclic amines) is 1. The highest BCUT2D eigenvalue weighted by molar-refractivity contribution is 6.31. The fraction of sp³-hybridized carbons (Fsp3) is 0.333. The van der Waals surface area contributed by atoms with Crippen LogP contribution in [0.2, 0.25) is 5.02 Å². The normalized spacial score (nSPS) is 17.0. The summed E-state index contributed by atoms with van der Waals surface area (Å²) >= 11 is 6.16. The fourth-order valence-electron chi connectivity index (χ4n) is 4.93. The Kier molecular flexibility index (Phi) is 7.58. The molecule has 4 aromatic rings. The second-order valence-corrected chi connectivity index (χ2v) is 11.3. The molecule has 1 saturated heterocycles. The van der Waals surface area contributed by atoms with Gasteiger partial charge in [-0.15, -0.1) is 5.10 Å². The molecule has 2 aromatic heterocycles. The van der Waals surface area contributed by atoms with Crippen LogP contribution in [0.25, 0.3) is 22.3 Å². The highest BCUT2D eigenvalue weighted by atomic mass is 35.5. The molecule has 2 aromatic carbocycles. The molecule has 42 heavy (non-hydrogen) atoms. The Morgan fingerprint density at radius 3 is 2.64 bits per heavy atom. The summed E-state index contributed by atoms with van der Waals surface area (Å²) in [5.41, 5.74) is 6.20. The van der Waals surface area contributed by atoms with Gasteiger partial charge in [-0.3, -0.25) is 9.36 Å². The predicted octanol–water partition coefficient (Wildman–Crippen LogP) is 4.03. The number of nitrogens with two attached hydrogens (primary N) is 1. The van der Waals surface area contributed by atoms with Crippen molar-refractivity contribution in [2.45, 2.75) is 51.5 Å². The molecule has 5 rings (SSSR count). The number of aromatic nitrogens is 5. The first kappa shape index (κ1) is 28.9. The number of urea groups is 1. The average molecular weight is 600 g/mol. The average Bonchev–Trinajstić information content (AvgIpc) is 3.66. The molecule has 4 amide bonds. The summed E-state index contributed by atoms with van der Waals surface area (Å²) in [4.78, 5) is 39.3. The lowest BCUT2D eigenvalue weighted by Crippen LogP contribution is -2.47. The van der Waals surface area contributed by atoms with Crippen molar-refractivity contribution in [3.8, 4) is 11.4 Å². The predicted molar refractivity (Wildman–Crippen MR) is 151 cm³/mol. The molecule has 0 spiro atoms. The zero-order valence-electron chi connectivity index (χ0n) is 22.9. The van der Waals surface area contributed by atoms with E-state index in [0.29, 0.717) is 22.3 Å². The molecule has 3 heterocycles. The third kappa shape index (κ3) is 5.49. The molecule has 0 bridgehead atoms. The molecule has 220 valence electrons. The van der Waals surface area contributed by atoms with Crippen LogP contribution < -0.4 is 16.4 Å². The van der Waals surface area contributed by atoms with Crippen LogP contribution in [0.15, 0.2) is 42.6 Å². The quantitative estimate of drug-likeness (QED) is 0.315. The summed E-state index contributed by atoms with van der Waals surface area (Å²) in [6.07, 6.45) is -0.339. The van der Waals surface area contributed by atoms with Crippen molar-refractivity contribution < 1.29 is 23.2 Å². The zero-order valence-corrected chi connectivity index (χ0v) is 23.7. The van der Waals surface area contributed by atoms with E-state index in [0.717, 1.165) is 4.90 Å². The Bertz CT molecular complexity index is 1700. The number of tetrazole rings is 1. The number of benzene rings is 2. The molecule has 1 aliphatic heterocycles. The minimum absolute atomic E-state index is 0.0550. The molecular weight excluding hydrogens is 572 g/mol. The van der Waals surface area contributed by atoms with E-state index in [1.807, 2.05) is 20.8 Å². The number of rotatable bonds is 5. The third-order valence-electron chi connectivity index (χ3n) is 6.92. The number of alkyl halides is 1. The smallest absolute Gasteiger partial charge is 0.323 e. The van der Waals surface area contributed by atoms with Gasteiger partial charge in [0.05, 0.1) is 28.3 Å². The van der Waals surface area contributed by atoms with Gasteiger partial charge in [-0.2, -0.15) is 0 Å². The maximum absolute atomic E-state index is 15.0. The summed E-state index contributed by atoms with van der Waals surface area (Å²) in [5, 5.41) is 17.3. The summed E-state index contributed by atoms with van der Waals surface area (Å²) in [5.74, 6) is -1.07. The topological polar surface area (TPSA) is 153 Å². The first-order chi connectivity index (χ1) is 19.8. The van der Waals surface area contributed by atoms with Crippen molar-refractivity contribution in [1.82, 2.24) is 35.0 Å². The van der Waals surface area contributed by atoms with Crippen molar-refractivity contribution in [3.63, 3.8) is 0 Å². The van der Waals surface area contributed by atoms with E-state index in [1.54, 1.807) is 28.9 Å². The van der Waals surface area contributed by atoms with Gasteiger partial charge in [-0.25, -0.2) is 23.1 Å². The van der Waals surface area contributed by atoms with Gasteiger partial charge in [-0.1, -0.05) is 29.8 Å². The van der Waals surface area contributed by atoms with Gasteiger partial charge in [0.25, 0.3) is 0 Å². The highest BCUT2D eigenvalue weighted by Crippen LogP contribution is 2.30. The standard InChI is InChI=1S/C27H28ClF2N9O3/c1-27(2,3)39-23(34-35-36-39)14-8-15(22(30)18(28)9-14)11-32-24(40)21-10-16(29)12-38(21)26(42)33-19-13-37(25(31)41)20-7-5-4-6-17(19)20/h4-9,13,16,21H,10-12H2,1-3H3,(H2,31,41)(H,32,40)(H,33,42)/t16-,21+/m1/s1. The van der Waals surface area contributed by atoms with Crippen LogP contribution in [0.3, 0.4) is 0 Å². The number of hydrogen-bond acceptors (Lipinski definition) is 6. The van der Waals surface area contributed by atoms with E-state index < -0.39 is 41.5 Å². The van der Waals surface area contributed by atoms with Gasteiger partial charge >= 0.3 is 12.1 Å². The number of fused-ring (bicyclic) bond motifs is 1. The van der Waals surface area contributed by atoms with Crippen LogP contribution in [-0.4, -0.2) is 66.4 Å². The van der Waals surface area contributed by atoms with Crippen molar-refractivity contribution in [2.24, 2.45) is 5.73 Å². The molecule has 2 atom stereocenters. The van der Waals surface area contributed by atoms with E-state index in [4.69, 9.17) is 17.3 Å². The van der Waals surface area contributed by atoms with Crippen LogP contribution in [0, 0.1) is 5.82 Å². The van der Waals surface area contributed by atoms with E-state index in [1.165, 1.54) is 22.9 Å². The number of nitrogens with one attached hydrogen (secondary N) is 2. The summed E-state index contributed by atoms with van der Waals surface area (Å²) < 4.78 is 32.2. The molecule has 0 saturated carbocycles. The van der Waals surface area contributed by atoms with Gasteiger partial charge < -0.3 is 21.3 Å². The summed E-state index contributed by atoms with van der Waals surface area (Å²) in [7, 11) is 0. The number of nitrogens with zero attached hydrogens (tertiary/aromatic N) is 6. The molecule has 1 aliphatic rings. The maximum Gasteiger partial charge on any atom is 0.323 e. The van der Waals surface area contributed by atoms with Crippen LogP contribution >= 0.6 is 11.6 Å². The number of carbonyl (C=O) groups is 3. The van der Waals surface area contributed by atoms with E-state index in [9.17, 15) is 23.2 Å². The second-order valence-electron chi connectivity index (χ2n) is 10.9. The van der Waals surface area contributed by atoms with Crippen molar-refractivity contribution in [3.05, 3.63) is 59.0 Å². The van der Waals surface area contributed by atoms with E-state index in [-0.39, 0.29) is 35.8 Å². The molecular formula is C27H28ClF2N9O3. The van der Waals surface area contributed by atoms with Crippen molar-refractivity contribution >= 4 is 46.2 Å². The number of halogens is 3. The summed E-state index contributed by atoms with van der Waals surface area (Å²) in [6.45, 7) is 5.08. The molecule has 4 N–H and O–H groups in total. The highest BCUT2D eigenvalue weighted by Gasteiger charge is 2.40. The van der Waals surface area contributed by atoms with Crippen LogP contribution in [0.5, 0.6) is 0 Å². The summed E-state index contributed by atoms with van der Waals surface area (Å²) in [6, 6.07) is 6.97. The van der Waals surface area contributed by atoms with Crippen molar-refractivity contribution in [1.29, 1.82) is 0 Å². The van der Waals surface area contributed by atoms with Gasteiger partial charge in [0, 0.05) is 35.7 Å². The first-order valence-electron chi connectivity index (χ1n) is 13.0. The van der Waals surface area contributed by atoms with Gasteiger partial charge in [0.2, 0.25) is 5.91 Å². The molecule has 0 unspecified atom stereocenters. The Labute approximate surface area is 243 Å². The Hall–Kier alpha value is -4.59. The number of anilines is 1. The lowest BCUT2D eigenvalue weighted by atomic mass is 10.1. The van der Waals surface area contributed by atoms with Crippen LogP contribution in [0.4, 0.5) is 24.1 Å². The number of hydrogen-bond donors (Lipinski definition) is 3. The first-order valence-corrected chi connectivity index (χ1v) is 13.4.